The molecule has 0 aromatic carbocycles. The lowest BCUT2D eigenvalue weighted by Crippen LogP contribution is -2.52. The molecule has 160 valence electrons. The smallest absolute Gasteiger partial charge is 0.194 e. The van der Waals surface area contributed by atoms with Crippen LogP contribution in [0.4, 0.5) is 0 Å². The van der Waals surface area contributed by atoms with Crippen LogP contribution in [0.5, 0.6) is 0 Å². The summed E-state index contributed by atoms with van der Waals surface area (Å²) in [6.45, 7) is 10.6. The first kappa shape index (κ1) is 21.0. The molecule has 1 aliphatic heterocycles. The van der Waals surface area contributed by atoms with E-state index >= 15 is 0 Å². The van der Waals surface area contributed by atoms with Gasteiger partial charge in [-0.1, -0.05) is 5.16 Å². The molecule has 3 aromatic heterocycles. The van der Waals surface area contributed by atoms with Crippen LogP contribution >= 0.6 is 22.7 Å². The molecule has 1 N–H and O–H groups in total. The lowest BCUT2D eigenvalue weighted by molar-refractivity contribution is 0.169. The van der Waals surface area contributed by atoms with Crippen molar-refractivity contribution in [2.45, 2.75) is 26.8 Å². The molecule has 9 heteroatoms. The van der Waals surface area contributed by atoms with Crippen LogP contribution in [0.3, 0.4) is 0 Å². The van der Waals surface area contributed by atoms with E-state index in [-0.39, 0.29) is 0 Å². The maximum atomic E-state index is 4.94. The van der Waals surface area contributed by atoms with Gasteiger partial charge >= 0.3 is 0 Å². The van der Waals surface area contributed by atoms with Crippen LogP contribution in [-0.2, 0) is 13.0 Å². The molecule has 0 spiro atoms. The summed E-state index contributed by atoms with van der Waals surface area (Å²) in [4.78, 5) is 16.9. The van der Waals surface area contributed by atoms with Crippen molar-refractivity contribution >= 4 is 28.6 Å². The van der Waals surface area contributed by atoms with E-state index in [9.17, 15) is 0 Å². The Hall–Kier alpha value is -2.23. The highest BCUT2D eigenvalue weighted by Crippen LogP contribution is 2.29. The number of thiazole rings is 1. The number of nitrogens with zero attached hydrogens (tertiary/aromatic N) is 5. The molecule has 0 bridgehead atoms. The van der Waals surface area contributed by atoms with Gasteiger partial charge in [0.05, 0.1) is 21.3 Å². The topological polar surface area (TPSA) is 69.8 Å². The Morgan fingerprint density at radius 2 is 2.10 bits per heavy atom. The van der Waals surface area contributed by atoms with Crippen molar-refractivity contribution < 1.29 is 4.52 Å². The molecule has 0 unspecified atom stereocenters. The summed E-state index contributed by atoms with van der Waals surface area (Å²) in [5.41, 5.74) is 2.08. The number of thiophene rings is 1. The minimum atomic E-state index is 0.789. The van der Waals surface area contributed by atoms with Crippen LogP contribution in [0, 0.1) is 6.92 Å². The van der Waals surface area contributed by atoms with Crippen LogP contribution in [0.15, 0.2) is 39.4 Å². The highest BCUT2D eigenvalue weighted by atomic mass is 32.1. The summed E-state index contributed by atoms with van der Waals surface area (Å²) in [5.74, 6) is 1.02. The van der Waals surface area contributed by atoms with E-state index in [0.717, 1.165) is 74.6 Å². The predicted molar refractivity (Wildman–Crippen MR) is 123 cm³/mol. The van der Waals surface area contributed by atoms with Gasteiger partial charge in [-0.3, -0.25) is 9.89 Å². The molecule has 0 atom stereocenters. The normalized spacial score (nSPS) is 15.7. The number of nitrogens with one attached hydrogen (secondary N) is 1. The van der Waals surface area contributed by atoms with Crippen LogP contribution < -0.4 is 5.32 Å². The molecular formula is C21H28N6OS2. The summed E-state index contributed by atoms with van der Waals surface area (Å²) in [7, 11) is 0. The zero-order chi connectivity index (χ0) is 20.8. The Balaban J connectivity index is 1.29. The third kappa shape index (κ3) is 5.47. The second kappa shape index (κ2) is 10.2. The van der Waals surface area contributed by atoms with E-state index in [1.807, 2.05) is 24.3 Å². The van der Waals surface area contributed by atoms with Gasteiger partial charge < -0.3 is 14.7 Å². The number of rotatable bonds is 7. The first-order valence-electron chi connectivity index (χ1n) is 10.4. The first-order valence-corrected chi connectivity index (χ1v) is 12.1. The molecule has 30 heavy (non-hydrogen) atoms. The largest absolute Gasteiger partial charge is 0.364 e. The van der Waals surface area contributed by atoms with E-state index in [4.69, 9.17) is 9.52 Å². The summed E-state index contributed by atoms with van der Waals surface area (Å²) in [6, 6.07) is 6.32. The zero-order valence-corrected chi connectivity index (χ0v) is 19.1. The van der Waals surface area contributed by atoms with Crippen LogP contribution in [0.2, 0.25) is 0 Å². The van der Waals surface area contributed by atoms with E-state index in [1.165, 1.54) is 9.75 Å². The standard InChI is InChI=1S/C21H28N6OS2/c1-3-22-21(27-11-9-26(10-12-27)14-17-7-13-28-25-17)23-8-6-18-4-5-20(30-18)19-15-29-16(2)24-19/h4-5,7,13,15H,3,6,8-12,14H2,1-2H3,(H,22,23). The Kier molecular flexibility index (Phi) is 7.14. The van der Waals surface area contributed by atoms with Gasteiger partial charge in [0.1, 0.15) is 6.26 Å². The number of aromatic nitrogens is 2. The van der Waals surface area contributed by atoms with Gasteiger partial charge in [-0.05, 0) is 26.0 Å². The fourth-order valence-corrected chi connectivity index (χ4v) is 5.13. The second-order valence-electron chi connectivity index (χ2n) is 7.26. The van der Waals surface area contributed by atoms with Gasteiger partial charge in [-0.2, -0.15) is 0 Å². The van der Waals surface area contributed by atoms with E-state index in [1.54, 1.807) is 17.6 Å². The third-order valence-electron chi connectivity index (χ3n) is 5.04. The highest BCUT2D eigenvalue weighted by Gasteiger charge is 2.20. The number of hydrogen-bond donors (Lipinski definition) is 1. The SMILES string of the molecule is CCNC(=NCCc1ccc(-c2csc(C)n2)s1)N1CCN(Cc2ccon2)CC1. The summed E-state index contributed by atoms with van der Waals surface area (Å²) >= 11 is 3.52. The third-order valence-corrected chi connectivity index (χ3v) is 6.98. The fourth-order valence-electron chi connectivity index (χ4n) is 3.49. The molecule has 0 amide bonds. The Morgan fingerprint density at radius 3 is 2.80 bits per heavy atom. The van der Waals surface area contributed by atoms with Crippen LogP contribution in [-0.4, -0.2) is 65.2 Å². The van der Waals surface area contributed by atoms with E-state index in [0.29, 0.717) is 0 Å². The van der Waals surface area contributed by atoms with Crippen molar-refractivity contribution in [1.82, 2.24) is 25.3 Å². The monoisotopic (exact) mass is 444 g/mol. The van der Waals surface area contributed by atoms with Crippen molar-refractivity contribution in [3.8, 4) is 10.6 Å². The minimum Gasteiger partial charge on any atom is -0.364 e. The second-order valence-corrected chi connectivity index (χ2v) is 9.49. The first-order chi connectivity index (χ1) is 14.7. The molecule has 0 aliphatic carbocycles. The molecule has 0 saturated carbocycles. The number of hydrogen-bond acceptors (Lipinski definition) is 7. The molecule has 1 aliphatic rings. The van der Waals surface area contributed by atoms with Crippen LogP contribution in [0.1, 0.15) is 22.5 Å². The van der Waals surface area contributed by atoms with Crippen molar-refractivity contribution in [3.05, 3.63) is 45.4 Å². The van der Waals surface area contributed by atoms with Gasteiger partial charge in [-0.15, -0.1) is 22.7 Å². The lowest BCUT2D eigenvalue weighted by atomic mass is 10.3. The lowest BCUT2D eigenvalue weighted by Gasteiger charge is -2.36. The van der Waals surface area contributed by atoms with Crippen molar-refractivity contribution in [2.75, 3.05) is 39.3 Å². The Morgan fingerprint density at radius 1 is 1.23 bits per heavy atom. The average Bonchev–Trinajstić information content (AvgIpc) is 3.50. The highest BCUT2D eigenvalue weighted by molar-refractivity contribution is 7.16. The number of guanidine groups is 1. The maximum absolute atomic E-state index is 4.94. The summed E-state index contributed by atoms with van der Waals surface area (Å²) in [5, 5.41) is 10.7. The van der Waals surface area contributed by atoms with Crippen molar-refractivity contribution in [1.29, 1.82) is 0 Å². The van der Waals surface area contributed by atoms with Gasteiger partial charge in [0.25, 0.3) is 0 Å². The number of aryl methyl sites for hydroxylation is 1. The van der Waals surface area contributed by atoms with E-state index < -0.39 is 0 Å². The zero-order valence-electron chi connectivity index (χ0n) is 17.5. The van der Waals surface area contributed by atoms with E-state index in [2.05, 4.69) is 49.7 Å². The Bertz CT molecular complexity index is 941. The van der Waals surface area contributed by atoms with Gasteiger partial charge in [-0.25, -0.2) is 4.98 Å². The maximum Gasteiger partial charge on any atom is 0.194 e. The predicted octanol–water partition coefficient (Wildman–Crippen LogP) is 3.49. The van der Waals surface area contributed by atoms with Crippen molar-refractivity contribution in [2.24, 2.45) is 4.99 Å². The molecule has 4 rings (SSSR count). The average molecular weight is 445 g/mol. The number of piperazine rings is 1. The molecule has 3 aromatic rings. The quantitative estimate of drug-likeness (QED) is 0.444. The molecular weight excluding hydrogens is 416 g/mol. The van der Waals surface area contributed by atoms with Gasteiger partial charge in [0.15, 0.2) is 5.96 Å². The fraction of sp³-hybridized carbons (Fsp3) is 0.476. The van der Waals surface area contributed by atoms with Gasteiger partial charge in [0.2, 0.25) is 0 Å². The van der Waals surface area contributed by atoms with Gasteiger partial charge in [0, 0.05) is 68.6 Å². The minimum absolute atomic E-state index is 0.789. The molecule has 1 saturated heterocycles. The van der Waals surface area contributed by atoms with Crippen LogP contribution in [0.25, 0.3) is 10.6 Å². The van der Waals surface area contributed by atoms with Crippen molar-refractivity contribution in [3.63, 3.8) is 0 Å². The number of aliphatic imine (C=N–C) groups is 1. The molecule has 4 heterocycles. The Labute approximate surface area is 185 Å². The summed E-state index contributed by atoms with van der Waals surface area (Å²) < 4.78 is 4.94. The molecule has 0 radical (unpaired) electrons. The molecule has 7 nitrogen and oxygen atoms in total. The molecule has 1 fully saturated rings. The summed E-state index contributed by atoms with van der Waals surface area (Å²) in [6.07, 6.45) is 2.59.